The molecule has 0 atom stereocenters. The van der Waals surface area contributed by atoms with Crippen LogP contribution in [0.1, 0.15) is 13.3 Å². The van der Waals surface area contributed by atoms with Crippen molar-refractivity contribution in [1.29, 1.82) is 0 Å². The molecule has 0 aromatic heterocycles. The average Bonchev–Trinajstić information content (AvgIpc) is 2.34. The second kappa shape index (κ2) is 7.90. The summed E-state index contributed by atoms with van der Waals surface area (Å²) in [5, 5.41) is 0. The second-order valence-electron chi connectivity index (χ2n) is 3.28. The predicted molar refractivity (Wildman–Crippen MR) is 67.5 cm³/mol. The van der Waals surface area contributed by atoms with E-state index in [0.29, 0.717) is 4.90 Å². The number of allylic oxidation sites excluding steroid dienone is 1. The molecule has 17 heavy (non-hydrogen) atoms. The standard InChI is InChI=1S/C13H15FO2S/c1-2-3-6-9-16-13(15)10-17-12-8-5-4-7-11(12)14/h3-8H,2,9-10H2,1H3/b6-3+. The Balaban J connectivity index is 2.29. The van der Waals surface area contributed by atoms with Crippen molar-refractivity contribution < 1.29 is 13.9 Å². The fraction of sp³-hybridized carbons (Fsp3) is 0.308. The average molecular weight is 254 g/mol. The lowest BCUT2D eigenvalue weighted by molar-refractivity contribution is -0.139. The molecule has 2 nitrogen and oxygen atoms in total. The molecule has 0 saturated heterocycles. The van der Waals surface area contributed by atoms with Gasteiger partial charge in [0, 0.05) is 4.90 Å². The van der Waals surface area contributed by atoms with Gasteiger partial charge in [0.05, 0.1) is 5.75 Å². The maximum Gasteiger partial charge on any atom is 0.316 e. The van der Waals surface area contributed by atoms with Gasteiger partial charge in [0.15, 0.2) is 0 Å². The molecule has 0 bridgehead atoms. The van der Waals surface area contributed by atoms with E-state index in [4.69, 9.17) is 4.74 Å². The monoisotopic (exact) mass is 254 g/mol. The van der Waals surface area contributed by atoms with Crippen LogP contribution in [0.4, 0.5) is 4.39 Å². The first kappa shape index (κ1) is 13.8. The van der Waals surface area contributed by atoms with Crippen LogP contribution in [-0.2, 0) is 9.53 Å². The number of carbonyl (C=O) groups excluding carboxylic acids is 1. The van der Waals surface area contributed by atoms with Crippen LogP contribution >= 0.6 is 11.8 Å². The Bertz CT molecular complexity index is 391. The minimum Gasteiger partial charge on any atom is -0.461 e. The largest absolute Gasteiger partial charge is 0.461 e. The molecule has 0 saturated carbocycles. The van der Waals surface area contributed by atoms with Crippen LogP contribution in [0.3, 0.4) is 0 Å². The van der Waals surface area contributed by atoms with E-state index in [1.807, 2.05) is 13.0 Å². The highest BCUT2D eigenvalue weighted by Crippen LogP contribution is 2.20. The summed E-state index contributed by atoms with van der Waals surface area (Å²) in [6, 6.07) is 6.37. The Morgan fingerprint density at radius 3 is 2.88 bits per heavy atom. The third kappa shape index (κ3) is 5.54. The topological polar surface area (TPSA) is 26.3 Å². The Morgan fingerprint density at radius 2 is 2.18 bits per heavy atom. The molecule has 0 aliphatic heterocycles. The molecule has 0 heterocycles. The maximum absolute atomic E-state index is 13.2. The fourth-order valence-corrected chi connectivity index (χ4v) is 1.85. The zero-order valence-corrected chi connectivity index (χ0v) is 10.5. The number of rotatable bonds is 6. The highest BCUT2D eigenvalue weighted by molar-refractivity contribution is 8.00. The normalized spacial score (nSPS) is 10.7. The first-order valence-corrected chi connectivity index (χ1v) is 6.40. The summed E-state index contributed by atoms with van der Waals surface area (Å²) in [4.78, 5) is 11.8. The number of ether oxygens (including phenoxy) is 1. The molecular weight excluding hydrogens is 239 g/mol. The van der Waals surface area contributed by atoms with Gasteiger partial charge >= 0.3 is 5.97 Å². The second-order valence-corrected chi connectivity index (χ2v) is 4.30. The van der Waals surface area contributed by atoms with Crippen LogP contribution in [0.2, 0.25) is 0 Å². The molecule has 92 valence electrons. The summed E-state index contributed by atoms with van der Waals surface area (Å²) < 4.78 is 18.1. The van der Waals surface area contributed by atoms with Gasteiger partial charge < -0.3 is 4.74 Å². The van der Waals surface area contributed by atoms with Gasteiger partial charge in [-0.2, -0.15) is 0 Å². The fourth-order valence-electron chi connectivity index (χ4n) is 1.12. The molecule has 0 amide bonds. The number of hydrogen-bond acceptors (Lipinski definition) is 3. The quantitative estimate of drug-likeness (QED) is 0.442. The zero-order chi connectivity index (χ0) is 12.5. The summed E-state index contributed by atoms with van der Waals surface area (Å²) >= 11 is 1.15. The number of benzene rings is 1. The molecule has 0 radical (unpaired) electrons. The van der Waals surface area contributed by atoms with Gasteiger partial charge in [0.2, 0.25) is 0 Å². The minimum atomic E-state index is -0.334. The number of esters is 1. The van der Waals surface area contributed by atoms with E-state index in [2.05, 4.69) is 0 Å². The van der Waals surface area contributed by atoms with Gasteiger partial charge in [0.1, 0.15) is 12.4 Å². The predicted octanol–water partition coefficient (Wildman–Crippen LogP) is 3.43. The number of thioether (sulfide) groups is 1. The number of halogens is 1. The van der Waals surface area contributed by atoms with Crippen molar-refractivity contribution in [3.05, 3.63) is 42.2 Å². The minimum absolute atomic E-state index is 0.126. The van der Waals surface area contributed by atoms with E-state index in [9.17, 15) is 9.18 Å². The van der Waals surface area contributed by atoms with Crippen LogP contribution in [0.25, 0.3) is 0 Å². The smallest absolute Gasteiger partial charge is 0.316 e. The number of carbonyl (C=O) groups is 1. The summed E-state index contributed by atoms with van der Waals surface area (Å²) in [7, 11) is 0. The SMILES string of the molecule is CC/C=C/COC(=O)CSc1ccccc1F. The molecule has 0 aliphatic rings. The Kier molecular flexibility index (Phi) is 6.40. The Labute approximate surface area is 105 Å². The molecule has 1 aromatic carbocycles. The maximum atomic E-state index is 13.2. The first-order chi connectivity index (χ1) is 8.24. The lowest BCUT2D eigenvalue weighted by Gasteiger charge is -2.03. The van der Waals surface area contributed by atoms with Gasteiger partial charge in [-0.15, -0.1) is 11.8 Å². The summed E-state index contributed by atoms with van der Waals surface area (Å²) in [6.45, 7) is 2.29. The van der Waals surface area contributed by atoms with Gasteiger partial charge in [-0.25, -0.2) is 4.39 Å². The summed E-state index contributed by atoms with van der Waals surface area (Å²) in [5.41, 5.74) is 0. The summed E-state index contributed by atoms with van der Waals surface area (Å²) in [5.74, 6) is -0.517. The van der Waals surface area contributed by atoms with Crippen LogP contribution in [0.5, 0.6) is 0 Å². The molecule has 0 N–H and O–H groups in total. The highest BCUT2D eigenvalue weighted by atomic mass is 32.2. The van der Waals surface area contributed by atoms with Crippen molar-refractivity contribution in [3.8, 4) is 0 Å². The van der Waals surface area contributed by atoms with E-state index >= 15 is 0 Å². The van der Waals surface area contributed by atoms with Crippen molar-refractivity contribution in [1.82, 2.24) is 0 Å². The van der Waals surface area contributed by atoms with Crippen molar-refractivity contribution in [2.24, 2.45) is 0 Å². The Morgan fingerprint density at radius 1 is 1.41 bits per heavy atom. The van der Waals surface area contributed by atoms with Crippen molar-refractivity contribution >= 4 is 17.7 Å². The van der Waals surface area contributed by atoms with Crippen LogP contribution < -0.4 is 0 Å². The van der Waals surface area contributed by atoms with Gasteiger partial charge in [-0.3, -0.25) is 4.79 Å². The highest BCUT2D eigenvalue weighted by Gasteiger charge is 2.06. The molecular formula is C13H15FO2S. The lowest BCUT2D eigenvalue weighted by Crippen LogP contribution is -2.07. The molecule has 0 fully saturated rings. The molecule has 0 spiro atoms. The molecule has 1 rings (SSSR count). The third-order valence-electron chi connectivity index (χ3n) is 1.93. The molecule has 1 aromatic rings. The Hall–Kier alpha value is -1.29. The molecule has 0 unspecified atom stereocenters. The summed E-state index contributed by atoms with van der Waals surface area (Å²) in [6.07, 6.45) is 4.64. The van der Waals surface area contributed by atoms with Crippen molar-refractivity contribution in [3.63, 3.8) is 0 Å². The van der Waals surface area contributed by atoms with E-state index in [-0.39, 0.29) is 24.1 Å². The number of hydrogen-bond donors (Lipinski definition) is 0. The first-order valence-electron chi connectivity index (χ1n) is 5.42. The third-order valence-corrected chi connectivity index (χ3v) is 2.95. The van der Waals surface area contributed by atoms with Gasteiger partial charge in [-0.1, -0.05) is 31.2 Å². The zero-order valence-electron chi connectivity index (χ0n) is 9.69. The van der Waals surface area contributed by atoms with E-state index < -0.39 is 0 Å². The molecule has 0 aliphatic carbocycles. The molecule has 4 heteroatoms. The van der Waals surface area contributed by atoms with Gasteiger partial charge in [0.25, 0.3) is 0 Å². The lowest BCUT2D eigenvalue weighted by atomic mass is 10.3. The van der Waals surface area contributed by atoms with E-state index in [1.54, 1.807) is 24.3 Å². The van der Waals surface area contributed by atoms with E-state index in [1.165, 1.54) is 6.07 Å². The van der Waals surface area contributed by atoms with E-state index in [0.717, 1.165) is 18.2 Å². The van der Waals surface area contributed by atoms with Gasteiger partial charge in [-0.05, 0) is 18.6 Å². The van der Waals surface area contributed by atoms with Crippen LogP contribution in [0, 0.1) is 5.82 Å². The van der Waals surface area contributed by atoms with Crippen molar-refractivity contribution in [2.75, 3.05) is 12.4 Å². The van der Waals surface area contributed by atoms with Crippen LogP contribution in [-0.4, -0.2) is 18.3 Å². The van der Waals surface area contributed by atoms with Crippen LogP contribution in [0.15, 0.2) is 41.3 Å². The van der Waals surface area contributed by atoms with Crippen molar-refractivity contribution in [2.45, 2.75) is 18.2 Å².